The predicted molar refractivity (Wildman–Crippen MR) is 137 cm³/mol. The molecule has 0 saturated carbocycles. The highest BCUT2D eigenvalue weighted by Crippen LogP contribution is 2.29. The van der Waals surface area contributed by atoms with Gasteiger partial charge in [-0.05, 0) is 17.7 Å². The van der Waals surface area contributed by atoms with E-state index in [0.29, 0.717) is 0 Å². The molecular weight excluding hydrogens is 526 g/mol. The zero-order chi connectivity index (χ0) is 29.2. The minimum atomic E-state index is -1.50. The van der Waals surface area contributed by atoms with Crippen LogP contribution >= 0.6 is 0 Å². The number of hydrogen-bond donors (Lipinski definition) is 1. The second kappa shape index (κ2) is 14.1. The lowest BCUT2D eigenvalue weighted by atomic mass is 9.95. The fraction of sp³-hybridized carbons (Fsp3) is 0.393. The number of amides is 1. The molecule has 0 aliphatic carbocycles. The summed E-state index contributed by atoms with van der Waals surface area (Å²) in [6, 6.07) is 14.5. The molecular formula is C28H31NO11. The van der Waals surface area contributed by atoms with Crippen molar-refractivity contribution in [1.82, 2.24) is 5.32 Å². The lowest BCUT2D eigenvalue weighted by Gasteiger charge is -2.44. The van der Waals surface area contributed by atoms with E-state index in [1.54, 1.807) is 18.2 Å². The monoisotopic (exact) mass is 557 g/mol. The van der Waals surface area contributed by atoms with Gasteiger partial charge in [-0.25, -0.2) is 0 Å². The van der Waals surface area contributed by atoms with Crippen LogP contribution in [0.5, 0.6) is 5.75 Å². The lowest BCUT2D eigenvalue weighted by Crippen LogP contribution is -2.67. The molecule has 0 aromatic heterocycles. The maximum absolute atomic E-state index is 13.5. The number of carbonyl (C=O) groups excluding carboxylic acids is 5. The first-order valence-electron chi connectivity index (χ1n) is 12.4. The first kappa shape index (κ1) is 30.1. The van der Waals surface area contributed by atoms with Gasteiger partial charge in [0.05, 0.1) is 5.56 Å². The van der Waals surface area contributed by atoms with Gasteiger partial charge in [-0.1, -0.05) is 42.5 Å². The highest BCUT2D eigenvalue weighted by atomic mass is 16.7. The number of hydrogen-bond acceptors (Lipinski definition) is 11. The molecule has 1 amide bonds. The van der Waals surface area contributed by atoms with Gasteiger partial charge in [-0.3, -0.25) is 24.0 Å². The van der Waals surface area contributed by atoms with Crippen LogP contribution in [-0.2, 0) is 49.5 Å². The van der Waals surface area contributed by atoms with Gasteiger partial charge in [-0.2, -0.15) is 0 Å². The Bertz CT molecular complexity index is 1220. The second-order valence-corrected chi connectivity index (χ2v) is 8.87. The summed E-state index contributed by atoms with van der Waals surface area (Å²) in [5.74, 6) is -3.36. The van der Waals surface area contributed by atoms with Crippen molar-refractivity contribution in [3.63, 3.8) is 0 Å². The fourth-order valence-electron chi connectivity index (χ4n) is 4.06. The van der Waals surface area contributed by atoms with Crippen LogP contribution in [0, 0.1) is 0 Å². The maximum Gasteiger partial charge on any atom is 0.305 e. The van der Waals surface area contributed by atoms with Crippen molar-refractivity contribution in [2.24, 2.45) is 0 Å². The number of ether oxygens (including phenoxy) is 6. The summed E-state index contributed by atoms with van der Waals surface area (Å²) in [6.45, 7) is 4.30. The van der Waals surface area contributed by atoms with Gasteiger partial charge in [0.25, 0.3) is 5.91 Å². The van der Waals surface area contributed by atoms with Gasteiger partial charge in [0.2, 0.25) is 6.29 Å². The summed E-state index contributed by atoms with van der Waals surface area (Å²) in [5, 5.41) is 2.68. The number of benzene rings is 2. The molecule has 1 aliphatic rings. The summed E-state index contributed by atoms with van der Waals surface area (Å²) in [7, 11) is 0. The third kappa shape index (κ3) is 8.53. The Morgan fingerprint density at radius 2 is 1.35 bits per heavy atom. The van der Waals surface area contributed by atoms with Crippen LogP contribution in [0.15, 0.2) is 54.6 Å². The molecule has 0 unspecified atom stereocenters. The van der Waals surface area contributed by atoms with Crippen LogP contribution in [0.25, 0.3) is 0 Å². The predicted octanol–water partition coefficient (Wildman–Crippen LogP) is 2.08. The normalized spacial score (nSPS) is 21.9. The molecule has 1 fully saturated rings. The van der Waals surface area contributed by atoms with Crippen molar-refractivity contribution in [2.75, 3.05) is 6.61 Å². The van der Waals surface area contributed by atoms with Crippen LogP contribution < -0.4 is 10.1 Å². The Labute approximate surface area is 230 Å². The summed E-state index contributed by atoms with van der Waals surface area (Å²) in [6.07, 6.45) is -5.42. The van der Waals surface area contributed by atoms with E-state index in [1.807, 2.05) is 30.3 Å². The second-order valence-electron chi connectivity index (χ2n) is 8.87. The van der Waals surface area contributed by atoms with Gasteiger partial charge in [0, 0.05) is 27.7 Å². The number of rotatable bonds is 10. The molecule has 3 rings (SSSR count). The Balaban J connectivity index is 1.93. The Kier molecular flexibility index (Phi) is 10.6. The van der Waals surface area contributed by atoms with E-state index in [-0.39, 0.29) is 17.9 Å². The van der Waals surface area contributed by atoms with Crippen LogP contribution in [-0.4, -0.2) is 67.0 Å². The van der Waals surface area contributed by atoms with Crippen molar-refractivity contribution < 1.29 is 52.4 Å². The zero-order valence-corrected chi connectivity index (χ0v) is 22.5. The molecule has 5 atom stereocenters. The van der Waals surface area contributed by atoms with E-state index in [9.17, 15) is 24.0 Å². The quantitative estimate of drug-likeness (QED) is 0.337. The SMILES string of the molecule is CC(=O)OC[C@@H]1O[C@H](OC(C)=O)[C@H](NC(=O)c2ccccc2OCc2ccccc2)[C@H](OC(C)=O)[C@H]1OC(C)=O. The highest BCUT2D eigenvalue weighted by Gasteiger charge is 2.52. The van der Waals surface area contributed by atoms with Gasteiger partial charge < -0.3 is 33.7 Å². The zero-order valence-electron chi connectivity index (χ0n) is 22.5. The molecule has 1 saturated heterocycles. The minimum Gasteiger partial charge on any atom is -0.488 e. The van der Waals surface area contributed by atoms with Gasteiger partial charge >= 0.3 is 23.9 Å². The van der Waals surface area contributed by atoms with Crippen molar-refractivity contribution in [2.45, 2.75) is 64.9 Å². The van der Waals surface area contributed by atoms with Crippen LogP contribution in [0.4, 0.5) is 0 Å². The molecule has 12 nitrogen and oxygen atoms in total. The van der Waals surface area contributed by atoms with Crippen molar-refractivity contribution in [3.05, 3.63) is 65.7 Å². The van der Waals surface area contributed by atoms with E-state index in [4.69, 9.17) is 28.4 Å². The van der Waals surface area contributed by atoms with Crippen LogP contribution in [0.1, 0.15) is 43.6 Å². The highest BCUT2D eigenvalue weighted by molar-refractivity contribution is 5.97. The fourth-order valence-corrected chi connectivity index (χ4v) is 4.06. The lowest BCUT2D eigenvalue weighted by molar-refractivity contribution is -0.270. The molecule has 0 bridgehead atoms. The van der Waals surface area contributed by atoms with Gasteiger partial charge in [0.1, 0.15) is 31.1 Å². The van der Waals surface area contributed by atoms with E-state index in [1.165, 1.54) is 6.07 Å². The summed E-state index contributed by atoms with van der Waals surface area (Å²) in [5.41, 5.74) is 1.01. The third-order valence-corrected chi connectivity index (χ3v) is 5.65. The maximum atomic E-state index is 13.5. The topological polar surface area (TPSA) is 153 Å². The number of esters is 4. The number of para-hydroxylation sites is 1. The number of carbonyl (C=O) groups is 5. The molecule has 1 heterocycles. The smallest absolute Gasteiger partial charge is 0.305 e. The van der Waals surface area contributed by atoms with Crippen LogP contribution in [0.3, 0.4) is 0 Å². The minimum absolute atomic E-state index is 0.132. The average Bonchev–Trinajstić information content (AvgIpc) is 2.89. The van der Waals surface area contributed by atoms with Crippen molar-refractivity contribution in [1.29, 1.82) is 0 Å². The van der Waals surface area contributed by atoms with Crippen molar-refractivity contribution in [3.8, 4) is 5.75 Å². The van der Waals surface area contributed by atoms with E-state index in [2.05, 4.69) is 5.32 Å². The Morgan fingerprint density at radius 1 is 0.750 bits per heavy atom. The third-order valence-electron chi connectivity index (χ3n) is 5.65. The molecule has 2 aromatic carbocycles. The molecule has 40 heavy (non-hydrogen) atoms. The molecule has 12 heteroatoms. The standard InChI is InChI=1S/C28H31NO11/c1-16(30)35-15-23-25(37-17(2)31)26(38-18(3)32)24(28(40-23)39-19(4)33)29-27(34)21-12-8-9-13-22(21)36-14-20-10-6-5-7-11-20/h5-13,23-26,28H,14-15H2,1-4H3,(H,29,34)/t23-,24+,25-,26-,28-/m0/s1. The molecule has 0 radical (unpaired) electrons. The number of nitrogens with one attached hydrogen (secondary N) is 1. The van der Waals surface area contributed by atoms with Gasteiger partial charge in [0.15, 0.2) is 12.2 Å². The van der Waals surface area contributed by atoms with E-state index >= 15 is 0 Å². The summed E-state index contributed by atoms with van der Waals surface area (Å²) < 4.78 is 32.9. The molecule has 214 valence electrons. The average molecular weight is 558 g/mol. The Hall–Kier alpha value is -4.45. The summed E-state index contributed by atoms with van der Waals surface area (Å²) in [4.78, 5) is 61.0. The molecule has 0 spiro atoms. The van der Waals surface area contributed by atoms with Gasteiger partial charge in [-0.15, -0.1) is 0 Å². The largest absolute Gasteiger partial charge is 0.488 e. The molecule has 1 N–H and O–H groups in total. The van der Waals surface area contributed by atoms with E-state index < -0.39 is 67.0 Å². The Morgan fingerprint density at radius 3 is 1.98 bits per heavy atom. The van der Waals surface area contributed by atoms with Crippen molar-refractivity contribution >= 4 is 29.8 Å². The molecule has 2 aromatic rings. The van der Waals surface area contributed by atoms with Crippen LogP contribution in [0.2, 0.25) is 0 Å². The van der Waals surface area contributed by atoms with E-state index in [0.717, 1.165) is 33.3 Å². The first-order valence-corrected chi connectivity index (χ1v) is 12.4. The first-order chi connectivity index (χ1) is 19.0. The molecule has 1 aliphatic heterocycles. The summed E-state index contributed by atoms with van der Waals surface area (Å²) >= 11 is 0.